The van der Waals surface area contributed by atoms with Crippen LogP contribution in [-0.2, 0) is 4.74 Å². The van der Waals surface area contributed by atoms with Crippen molar-refractivity contribution in [1.82, 2.24) is 5.32 Å². The number of hydrogen-bond acceptors (Lipinski definition) is 4. The highest BCUT2D eigenvalue weighted by Gasteiger charge is 2.24. The minimum Gasteiger partial charge on any atom is -0.381 e. The molecule has 0 bridgehead atoms. The van der Waals surface area contributed by atoms with Crippen LogP contribution in [0, 0.1) is 11.8 Å². The van der Waals surface area contributed by atoms with Gasteiger partial charge in [-0.25, -0.2) is 0 Å². The van der Waals surface area contributed by atoms with E-state index in [1.807, 2.05) is 11.8 Å². The lowest BCUT2D eigenvalue weighted by atomic mass is 9.93. The third kappa shape index (κ3) is 4.16. The molecule has 2 unspecified atom stereocenters. The molecule has 18 heavy (non-hydrogen) atoms. The first-order chi connectivity index (χ1) is 8.65. The first-order valence-corrected chi connectivity index (χ1v) is 8.18. The topological polar surface area (TPSA) is 33.6 Å². The molecule has 2 atom stereocenters. The molecule has 2 heterocycles. The summed E-state index contributed by atoms with van der Waals surface area (Å²) in [5.41, 5.74) is 0. The van der Waals surface area contributed by atoms with Crippen molar-refractivity contribution in [2.45, 2.75) is 52.1 Å². The summed E-state index contributed by atoms with van der Waals surface area (Å²) in [5.74, 6) is 2.64. The Bertz CT molecular complexity index is 288. The van der Waals surface area contributed by atoms with Gasteiger partial charge in [-0.1, -0.05) is 25.6 Å². The molecule has 1 fully saturated rings. The highest BCUT2D eigenvalue weighted by atomic mass is 32.2. The number of rotatable bonds is 4. The molecular weight excluding hydrogens is 244 g/mol. The Morgan fingerprint density at radius 3 is 2.72 bits per heavy atom. The molecule has 0 radical (unpaired) electrons. The Labute approximate surface area is 115 Å². The second-order valence-corrected chi connectivity index (χ2v) is 6.92. The first-order valence-electron chi connectivity index (χ1n) is 7.20. The van der Waals surface area contributed by atoms with Crippen LogP contribution in [0.15, 0.2) is 4.99 Å². The number of nitrogens with one attached hydrogen (secondary N) is 1. The van der Waals surface area contributed by atoms with Gasteiger partial charge in [-0.2, -0.15) is 0 Å². The predicted octanol–water partition coefficient (Wildman–Crippen LogP) is 2.91. The van der Waals surface area contributed by atoms with E-state index >= 15 is 0 Å². The average molecular weight is 270 g/mol. The molecule has 104 valence electrons. The molecule has 0 spiro atoms. The van der Waals surface area contributed by atoms with Crippen LogP contribution < -0.4 is 5.32 Å². The monoisotopic (exact) mass is 270 g/mol. The van der Waals surface area contributed by atoms with E-state index in [1.165, 1.54) is 24.4 Å². The zero-order valence-electron chi connectivity index (χ0n) is 11.8. The van der Waals surface area contributed by atoms with Gasteiger partial charge in [0.2, 0.25) is 0 Å². The summed E-state index contributed by atoms with van der Waals surface area (Å²) in [7, 11) is 0. The van der Waals surface area contributed by atoms with E-state index in [9.17, 15) is 0 Å². The van der Waals surface area contributed by atoms with Gasteiger partial charge >= 0.3 is 0 Å². The molecule has 0 aliphatic carbocycles. The third-order valence-corrected chi connectivity index (χ3v) is 4.83. The fourth-order valence-corrected chi connectivity index (χ4v) is 3.74. The van der Waals surface area contributed by atoms with Crippen molar-refractivity contribution in [1.29, 1.82) is 0 Å². The van der Waals surface area contributed by atoms with E-state index in [4.69, 9.17) is 9.73 Å². The van der Waals surface area contributed by atoms with Gasteiger partial charge in [0.25, 0.3) is 0 Å². The molecule has 0 aromatic heterocycles. The Morgan fingerprint density at radius 1 is 1.33 bits per heavy atom. The first kappa shape index (κ1) is 14.2. The van der Waals surface area contributed by atoms with Crippen LogP contribution in [0.25, 0.3) is 0 Å². The van der Waals surface area contributed by atoms with E-state index in [1.54, 1.807) is 0 Å². The lowest BCUT2D eigenvalue weighted by molar-refractivity contribution is 0.0583. The van der Waals surface area contributed by atoms with Crippen LogP contribution in [0.5, 0.6) is 0 Å². The van der Waals surface area contributed by atoms with Crippen LogP contribution in [0.4, 0.5) is 0 Å². The number of ether oxygens (including phenoxy) is 1. The minimum absolute atomic E-state index is 0.526. The minimum atomic E-state index is 0.526. The number of nitrogens with zero attached hydrogens (tertiary/aromatic N) is 1. The van der Waals surface area contributed by atoms with E-state index in [-0.39, 0.29) is 0 Å². The maximum absolute atomic E-state index is 5.42. The summed E-state index contributed by atoms with van der Waals surface area (Å²) < 4.78 is 5.42. The van der Waals surface area contributed by atoms with Crippen LogP contribution >= 0.6 is 11.8 Å². The summed E-state index contributed by atoms with van der Waals surface area (Å²) in [5, 5.41) is 4.78. The molecular formula is C14H26N2OS. The van der Waals surface area contributed by atoms with Gasteiger partial charge in [-0.15, -0.1) is 0 Å². The maximum atomic E-state index is 5.42. The quantitative estimate of drug-likeness (QED) is 0.853. The number of hydrogen-bond donors (Lipinski definition) is 1. The molecule has 1 N–H and O–H groups in total. The Kier molecular flexibility index (Phi) is 5.37. The fraction of sp³-hybridized carbons (Fsp3) is 0.929. The summed E-state index contributed by atoms with van der Waals surface area (Å²) in [4.78, 5) is 4.80. The van der Waals surface area contributed by atoms with Crippen molar-refractivity contribution in [2.24, 2.45) is 16.8 Å². The predicted molar refractivity (Wildman–Crippen MR) is 79.3 cm³/mol. The second-order valence-electron chi connectivity index (χ2n) is 5.91. The fourth-order valence-electron chi connectivity index (χ4n) is 2.69. The zero-order chi connectivity index (χ0) is 13.0. The highest BCUT2D eigenvalue weighted by molar-refractivity contribution is 8.14. The van der Waals surface area contributed by atoms with Gasteiger partial charge < -0.3 is 10.1 Å². The van der Waals surface area contributed by atoms with Crippen molar-refractivity contribution >= 4 is 16.9 Å². The molecule has 0 aromatic carbocycles. The van der Waals surface area contributed by atoms with Crippen LogP contribution in [0.3, 0.4) is 0 Å². The molecule has 3 nitrogen and oxygen atoms in total. The molecule has 2 rings (SSSR count). The SMILES string of the molecule is CC(C)CC1CSC(NC(C)C2CCOCC2)=N1. The molecule has 0 amide bonds. The van der Waals surface area contributed by atoms with Crippen LogP contribution in [-0.4, -0.2) is 36.2 Å². The van der Waals surface area contributed by atoms with Crippen molar-refractivity contribution in [3.63, 3.8) is 0 Å². The Hall–Kier alpha value is -0.220. The maximum Gasteiger partial charge on any atom is 0.157 e. The molecule has 0 aromatic rings. The largest absolute Gasteiger partial charge is 0.381 e. The number of aliphatic imine (C=N–C) groups is 1. The average Bonchev–Trinajstić information content (AvgIpc) is 2.76. The molecule has 2 aliphatic heterocycles. The standard InChI is InChI=1S/C14H26N2OS/c1-10(2)8-13-9-18-14(16-13)15-11(3)12-4-6-17-7-5-12/h10-13H,4-9H2,1-3H3,(H,15,16). The van der Waals surface area contributed by atoms with E-state index < -0.39 is 0 Å². The van der Waals surface area contributed by atoms with Gasteiger partial charge in [0, 0.05) is 25.0 Å². The third-order valence-electron chi connectivity index (χ3n) is 3.78. The lowest BCUT2D eigenvalue weighted by Crippen LogP contribution is -2.38. The van der Waals surface area contributed by atoms with Gasteiger partial charge in [0.05, 0.1) is 6.04 Å². The van der Waals surface area contributed by atoms with Crippen molar-refractivity contribution in [3.8, 4) is 0 Å². The summed E-state index contributed by atoms with van der Waals surface area (Å²) in [6.45, 7) is 8.68. The second kappa shape index (κ2) is 6.80. The summed E-state index contributed by atoms with van der Waals surface area (Å²) in [6.07, 6.45) is 3.58. The molecule has 2 aliphatic rings. The van der Waals surface area contributed by atoms with Gasteiger partial charge in [0.15, 0.2) is 5.17 Å². The Morgan fingerprint density at radius 2 is 2.06 bits per heavy atom. The lowest BCUT2D eigenvalue weighted by Gasteiger charge is -2.28. The van der Waals surface area contributed by atoms with E-state index in [2.05, 4.69) is 26.1 Å². The van der Waals surface area contributed by atoms with Crippen LogP contribution in [0.2, 0.25) is 0 Å². The van der Waals surface area contributed by atoms with Crippen LogP contribution in [0.1, 0.15) is 40.0 Å². The number of amidine groups is 1. The summed E-state index contributed by atoms with van der Waals surface area (Å²) in [6, 6.07) is 1.05. The van der Waals surface area contributed by atoms with Gasteiger partial charge in [-0.05, 0) is 38.0 Å². The van der Waals surface area contributed by atoms with Gasteiger partial charge in [0.1, 0.15) is 0 Å². The van der Waals surface area contributed by atoms with Crippen molar-refractivity contribution < 1.29 is 4.74 Å². The van der Waals surface area contributed by atoms with Gasteiger partial charge in [-0.3, -0.25) is 4.99 Å². The molecule has 0 saturated carbocycles. The normalized spacial score (nSPS) is 27.3. The smallest absolute Gasteiger partial charge is 0.157 e. The van der Waals surface area contributed by atoms with E-state index in [0.717, 1.165) is 30.8 Å². The Balaban J connectivity index is 1.78. The molecule has 1 saturated heterocycles. The number of thioether (sulfide) groups is 1. The summed E-state index contributed by atoms with van der Waals surface area (Å²) >= 11 is 1.89. The van der Waals surface area contributed by atoms with E-state index in [0.29, 0.717) is 12.1 Å². The zero-order valence-corrected chi connectivity index (χ0v) is 12.6. The van der Waals surface area contributed by atoms with Crippen molar-refractivity contribution in [3.05, 3.63) is 0 Å². The molecule has 4 heteroatoms. The highest BCUT2D eigenvalue weighted by Crippen LogP contribution is 2.24. The van der Waals surface area contributed by atoms with Crippen molar-refractivity contribution in [2.75, 3.05) is 19.0 Å².